The van der Waals surface area contributed by atoms with Crippen molar-refractivity contribution < 1.29 is 18.3 Å². The number of aromatic hydroxyl groups is 1. The van der Waals surface area contributed by atoms with Crippen molar-refractivity contribution in [2.24, 2.45) is 0 Å². The SMILES string of the molecule is O=C(N[C@@H]1CCS(=O)(=O)C1)c1nn(-c2ccccc2)cc1O. The van der Waals surface area contributed by atoms with E-state index in [4.69, 9.17) is 0 Å². The highest BCUT2D eigenvalue weighted by atomic mass is 32.2. The second-order valence-electron chi connectivity index (χ2n) is 5.22. The van der Waals surface area contributed by atoms with Crippen molar-refractivity contribution in [2.45, 2.75) is 12.5 Å². The van der Waals surface area contributed by atoms with E-state index in [9.17, 15) is 18.3 Å². The highest BCUT2D eigenvalue weighted by Crippen LogP contribution is 2.19. The molecule has 1 aromatic heterocycles. The molecule has 1 aromatic carbocycles. The van der Waals surface area contributed by atoms with Crippen LogP contribution in [0.5, 0.6) is 5.75 Å². The summed E-state index contributed by atoms with van der Waals surface area (Å²) in [5.41, 5.74) is 0.591. The molecule has 116 valence electrons. The van der Waals surface area contributed by atoms with Gasteiger partial charge in [0, 0.05) is 6.04 Å². The molecule has 1 saturated heterocycles. The number of nitrogens with one attached hydrogen (secondary N) is 1. The number of carbonyl (C=O) groups is 1. The fourth-order valence-corrected chi connectivity index (χ4v) is 4.08. The fraction of sp³-hybridized carbons (Fsp3) is 0.286. The molecule has 1 atom stereocenters. The third kappa shape index (κ3) is 2.96. The number of carbonyl (C=O) groups excluding carboxylic acids is 1. The molecular weight excluding hydrogens is 306 g/mol. The highest BCUT2D eigenvalue weighted by molar-refractivity contribution is 7.91. The maximum atomic E-state index is 12.1. The zero-order chi connectivity index (χ0) is 15.7. The molecule has 0 bridgehead atoms. The summed E-state index contributed by atoms with van der Waals surface area (Å²) in [6.07, 6.45) is 1.73. The average Bonchev–Trinajstić information content (AvgIpc) is 3.02. The Morgan fingerprint density at radius 2 is 2.05 bits per heavy atom. The van der Waals surface area contributed by atoms with Crippen LogP contribution in [0.25, 0.3) is 5.69 Å². The molecule has 0 spiro atoms. The average molecular weight is 321 g/mol. The Labute approximate surface area is 127 Å². The van der Waals surface area contributed by atoms with Gasteiger partial charge >= 0.3 is 0 Å². The third-order valence-corrected chi connectivity index (χ3v) is 5.27. The molecule has 2 N–H and O–H groups in total. The Bertz CT molecular complexity index is 799. The number of hydrogen-bond donors (Lipinski definition) is 2. The highest BCUT2D eigenvalue weighted by Gasteiger charge is 2.30. The van der Waals surface area contributed by atoms with Gasteiger partial charge in [-0.1, -0.05) is 18.2 Å². The number of aromatic nitrogens is 2. The zero-order valence-electron chi connectivity index (χ0n) is 11.6. The van der Waals surface area contributed by atoms with Crippen LogP contribution in [0.3, 0.4) is 0 Å². The Morgan fingerprint density at radius 3 is 2.68 bits per heavy atom. The molecule has 8 heteroatoms. The molecule has 2 heterocycles. The van der Waals surface area contributed by atoms with Crippen molar-refractivity contribution in [3.8, 4) is 11.4 Å². The molecule has 2 aromatic rings. The number of amides is 1. The Kier molecular flexibility index (Phi) is 3.61. The van der Waals surface area contributed by atoms with Crippen LogP contribution in [0, 0.1) is 0 Å². The second-order valence-corrected chi connectivity index (χ2v) is 7.45. The van der Waals surface area contributed by atoms with Gasteiger partial charge in [-0.2, -0.15) is 5.10 Å². The summed E-state index contributed by atoms with van der Waals surface area (Å²) in [6, 6.07) is 8.63. The minimum absolute atomic E-state index is 0.0705. The van der Waals surface area contributed by atoms with Crippen LogP contribution in [0.4, 0.5) is 0 Å². The molecule has 1 fully saturated rings. The van der Waals surface area contributed by atoms with E-state index in [-0.39, 0.29) is 22.9 Å². The van der Waals surface area contributed by atoms with Gasteiger partial charge in [0.1, 0.15) is 0 Å². The van der Waals surface area contributed by atoms with Gasteiger partial charge in [0.05, 0.1) is 23.4 Å². The van der Waals surface area contributed by atoms with Crippen molar-refractivity contribution in [3.63, 3.8) is 0 Å². The number of benzene rings is 1. The first kappa shape index (κ1) is 14.6. The molecule has 1 aliphatic rings. The molecule has 0 unspecified atom stereocenters. The van der Waals surface area contributed by atoms with Crippen LogP contribution in [-0.2, 0) is 9.84 Å². The normalized spacial score (nSPS) is 19.9. The van der Waals surface area contributed by atoms with E-state index < -0.39 is 21.8 Å². The van der Waals surface area contributed by atoms with E-state index in [0.717, 1.165) is 0 Å². The molecule has 0 aliphatic carbocycles. The standard InChI is InChI=1S/C14H15N3O4S/c18-12-8-17(11-4-2-1-3-5-11)16-13(12)14(19)15-10-6-7-22(20,21)9-10/h1-5,8,10,18H,6-7,9H2,(H,15,19)/t10-/m1/s1. The lowest BCUT2D eigenvalue weighted by Gasteiger charge is -2.09. The molecule has 3 rings (SSSR count). The minimum Gasteiger partial charge on any atom is -0.504 e. The van der Waals surface area contributed by atoms with Crippen molar-refractivity contribution in [3.05, 3.63) is 42.2 Å². The van der Waals surface area contributed by atoms with Gasteiger partial charge in [0.25, 0.3) is 5.91 Å². The van der Waals surface area contributed by atoms with Gasteiger partial charge in [-0.3, -0.25) is 4.79 Å². The van der Waals surface area contributed by atoms with Gasteiger partial charge in [0.15, 0.2) is 21.3 Å². The van der Waals surface area contributed by atoms with Crippen LogP contribution in [0.1, 0.15) is 16.9 Å². The summed E-state index contributed by atoms with van der Waals surface area (Å²) in [6.45, 7) is 0. The number of rotatable bonds is 3. The quantitative estimate of drug-likeness (QED) is 0.857. The first-order chi connectivity index (χ1) is 10.4. The van der Waals surface area contributed by atoms with E-state index in [1.807, 2.05) is 18.2 Å². The van der Waals surface area contributed by atoms with Crippen LogP contribution in [-0.4, -0.2) is 46.8 Å². The lowest BCUT2D eigenvalue weighted by atomic mass is 10.2. The Morgan fingerprint density at radius 1 is 1.32 bits per heavy atom. The predicted molar refractivity (Wildman–Crippen MR) is 79.8 cm³/mol. The summed E-state index contributed by atoms with van der Waals surface area (Å²) >= 11 is 0. The summed E-state index contributed by atoms with van der Waals surface area (Å²) < 4.78 is 24.2. The number of sulfone groups is 1. The van der Waals surface area contributed by atoms with Crippen LogP contribution in [0.15, 0.2) is 36.5 Å². The summed E-state index contributed by atoms with van der Waals surface area (Å²) in [5, 5.41) is 16.5. The number of nitrogens with zero attached hydrogens (tertiary/aromatic N) is 2. The van der Waals surface area contributed by atoms with Crippen molar-refractivity contribution in [2.75, 3.05) is 11.5 Å². The maximum absolute atomic E-state index is 12.1. The lowest BCUT2D eigenvalue weighted by Crippen LogP contribution is -2.35. The van der Waals surface area contributed by atoms with Crippen LogP contribution < -0.4 is 5.32 Å². The molecule has 1 amide bonds. The van der Waals surface area contributed by atoms with Crippen molar-refractivity contribution in [1.29, 1.82) is 0 Å². The van der Waals surface area contributed by atoms with Gasteiger partial charge in [-0.15, -0.1) is 0 Å². The van der Waals surface area contributed by atoms with E-state index in [1.54, 1.807) is 12.1 Å². The lowest BCUT2D eigenvalue weighted by molar-refractivity contribution is 0.0933. The summed E-state index contributed by atoms with van der Waals surface area (Å²) in [7, 11) is -3.07. The largest absolute Gasteiger partial charge is 0.504 e. The minimum atomic E-state index is -3.07. The first-order valence-corrected chi connectivity index (χ1v) is 8.62. The van der Waals surface area contributed by atoms with Gasteiger partial charge in [0.2, 0.25) is 0 Å². The number of para-hydroxylation sites is 1. The molecular formula is C14H15N3O4S. The third-order valence-electron chi connectivity index (χ3n) is 3.50. The zero-order valence-corrected chi connectivity index (χ0v) is 12.5. The van der Waals surface area contributed by atoms with E-state index >= 15 is 0 Å². The van der Waals surface area contributed by atoms with Gasteiger partial charge < -0.3 is 10.4 Å². The Hall–Kier alpha value is -2.35. The van der Waals surface area contributed by atoms with Crippen molar-refractivity contribution in [1.82, 2.24) is 15.1 Å². The molecule has 22 heavy (non-hydrogen) atoms. The van der Waals surface area contributed by atoms with E-state index in [0.29, 0.717) is 12.1 Å². The smallest absolute Gasteiger partial charge is 0.275 e. The van der Waals surface area contributed by atoms with E-state index in [2.05, 4.69) is 10.4 Å². The molecule has 0 saturated carbocycles. The number of hydrogen-bond acceptors (Lipinski definition) is 5. The molecule has 1 aliphatic heterocycles. The van der Waals surface area contributed by atoms with Gasteiger partial charge in [-0.25, -0.2) is 13.1 Å². The van der Waals surface area contributed by atoms with Crippen LogP contribution in [0.2, 0.25) is 0 Å². The maximum Gasteiger partial charge on any atom is 0.275 e. The van der Waals surface area contributed by atoms with E-state index in [1.165, 1.54) is 10.9 Å². The molecule has 7 nitrogen and oxygen atoms in total. The predicted octanol–water partition coefficient (Wildman–Crippen LogP) is 0.495. The Balaban J connectivity index is 1.78. The summed E-state index contributed by atoms with van der Waals surface area (Å²) in [4.78, 5) is 12.1. The first-order valence-electron chi connectivity index (χ1n) is 6.80. The molecule has 0 radical (unpaired) electrons. The topological polar surface area (TPSA) is 101 Å². The summed E-state index contributed by atoms with van der Waals surface area (Å²) in [5.74, 6) is -0.821. The van der Waals surface area contributed by atoms with Gasteiger partial charge in [-0.05, 0) is 18.6 Å². The second kappa shape index (κ2) is 5.45. The fourth-order valence-electron chi connectivity index (χ4n) is 2.40. The van der Waals surface area contributed by atoms with Crippen molar-refractivity contribution >= 4 is 15.7 Å². The monoisotopic (exact) mass is 321 g/mol. The van der Waals surface area contributed by atoms with Crippen LogP contribution >= 0.6 is 0 Å².